The van der Waals surface area contributed by atoms with E-state index in [1.165, 1.54) is 42.5 Å². The molecule has 0 saturated carbocycles. The van der Waals surface area contributed by atoms with E-state index in [0.717, 1.165) is 10.1 Å². The number of aliphatic hydroxyl groups excluding tert-OH is 1. The predicted octanol–water partition coefficient (Wildman–Crippen LogP) is 2.27. The van der Waals surface area contributed by atoms with Gasteiger partial charge in [0.25, 0.3) is 11.8 Å². The number of anilines is 1. The van der Waals surface area contributed by atoms with Crippen molar-refractivity contribution in [2.75, 3.05) is 5.32 Å². The van der Waals surface area contributed by atoms with Crippen LogP contribution in [0.2, 0.25) is 0 Å². The van der Waals surface area contributed by atoms with Crippen LogP contribution in [0, 0.1) is 22.7 Å². The lowest BCUT2D eigenvalue weighted by Crippen LogP contribution is -2.52. The van der Waals surface area contributed by atoms with E-state index in [9.17, 15) is 20.0 Å². The zero-order valence-electron chi connectivity index (χ0n) is 15.8. The summed E-state index contributed by atoms with van der Waals surface area (Å²) in [6.45, 7) is 1.45. The third-order valence-corrected chi connectivity index (χ3v) is 5.34. The molecule has 150 valence electrons. The second-order valence-corrected chi connectivity index (χ2v) is 7.35. The number of thiophene rings is 1. The predicted molar refractivity (Wildman–Crippen MR) is 112 cm³/mol. The zero-order valence-corrected chi connectivity index (χ0v) is 16.7. The van der Waals surface area contributed by atoms with Crippen LogP contribution in [0.15, 0.2) is 47.8 Å². The topological polar surface area (TPSA) is 138 Å². The summed E-state index contributed by atoms with van der Waals surface area (Å²) in [5, 5.41) is 33.7. The van der Waals surface area contributed by atoms with E-state index in [4.69, 9.17) is 5.26 Å². The Morgan fingerprint density at radius 1 is 1.03 bits per heavy atom. The Bertz CT molecular complexity index is 1170. The second kappa shape index (κ2) is 9.05. The number of nitrogens with one attached hydrogen (secondary N) is 3. The maximum Gasteiger partial charge on any atom is 0.269 e. The average molecular weight is 419 g/mol. The van der Waals surface area contributed by atoms with Crippen LogP contribution in [0.25, 0.3) is 10.1 Å². The third-order valence-electron chi connectivity index (χ3n) is 4.39. The van der Waals surface area contributed by atoms with Gasteiger partial charge in [0.1, 0.15) is 12.1 Å². The molecule has 2 amide bonds. The van der Waals surface area contributed by atoms with Gasteiger partial charge < -0.3 is 10.4 Å². The number of amides is 2. The highest BCUT2D eigenvalue weighted by Crippen LogP contribution is 2.31. The van der Waals surface area contributed by atoms with Gasteiger partial charge in [0.2, 0.25) is 0 Å². The summed E-state index contributed by atoms with van der Waals surface area (Å²) < 4.78 is 0.779. The average Bonchev–Trinajstić information content (AvgIpc) is 3.25. The van der Waals surface area contributed by atoms with Crippen molar-refractivity contribution in [2.24, 2.45) is 0 Å². The molecular formula is C21H17N5O3S. The van der Waals surface area contributed by atoms with Crippen LogP contribution in [0.3, 0.4) is 0 Å². The van der Waals surface area contributed by atoms with Gasteiger partial charge in [-0.1, -0.05) is 0 Å². The molecule has 0 saturated heterocycles. The van der Waals surface area contributed by atoms with Crippen molar-refractivity contribution in [1.29, 1.82) is 10.5 Å². The second-order valence-electron chi connectivity index (χ2n) is 6.43. The molecular weight excluding hydrogens is 402 g/mol. The molecule has 0 aliphatic heterocycles. The van der Waals surface area contributed by atoms with E-state index in [2.05, 4.69) is 22.2 Å². The summed E-state index contributed by atoms with van der Waals surface area (Å²) in [4.78, 5) is 24.8. The number of aliphatic hydroxyl groups is 1. The van der Waals surface area contributed by atoms with Crippen LogP contribution >= 0.6 is 11.3 Å². The van der Waals surface area contributed by atoms with Gasteiger partial charge in [0.05, 0.1) is 28.0 Å². The highest BCUT2D eigenvalue weighted by Gasteiger charge is 2.25. The Morgan fingerprint density at radius 3 is 2.40 bits per heavy atom. The highest BCUT2D eigenvalue weighted by atomic mass is 32.1. The number of nitrogens with zero attached hydrogens (tertiary/aromatic N) is 2. The molecule has 3 aromatic rings. The molecule has 0 spiro atoms. The van der Waals surface area contributed by atoms with Crippen LogP contribution in [-0.2, 0) is 4.79 Å². The van der Waals surface area contributed by atoms with Crippen molar-refractivity contribution in [1.82, 2.24) is 10.9 Å². The molecule has 2 atom stereocenters. The van der Waals surface area contributed by atoms with Crippen LogP contribution in [0.4, 0.5) is 5.69 Å². The summed E-state index contributed by atoms with van der Waals surface area (Å²) in [6.07, 6.45) is -1.07. The van der Waals surface area contributed by atoms with Crippen molar-refractivity contribution in [3.63, 3.8) is 0 Å². The van der Waals surface area contributed by atoms with Gasteiger partial charge >= 0.3 is 0 Å². The zero-order chi connectivity index (χ0) is 21.7. The molecule has 30 heavy (non-hydrogen) atoms. The van der Waals surface area contributed by atoms with Crippen LogP contribution in [-0.4, -0.2) is 29.1 Å². The molecule has 0 radical (unpaired) electrons. The maximum absolute atomic E-state index is 12.6. The quantitative estimate of drug-likeness (QED) is 0.468. The maximum atomic E-state index is 12.6. The summed E-state index contributed by atoms with van der Waals surface area (Å²) in [5.41, 5.74) is 6.39. The van der Waals surface area contributed by atoms with E-state index in [0.29, 0.717) is 16.8 Å². The minimum absolute atomic E-state index is 0.267. The van der Waals surface area contributed by atoms with Gasteiger partial charge in [-0.15, -0.1) is 11.3 Å². The molecule has 1 heterocycles. The first-order chi connectivity index (χ1) is 14.4. The van der Waals surface area contributed by atoms with E-state index >= 15 is 0 Å². The number of nitriles is 2. The number of fused-ring (bicyclic) bond motifs is 1. The first-order valence-electron chi connectivity index (χ1n) is 8.90. The third kappa shape index (κ3) is 4.39. The number of rotatable bonds is 5. The van der Waals surface area contributed by atoms with Gasteiger partial charge in [-0.2, -0.15) is 10.5 Å². The molecule has 0 fully saturated rings. The van der Waals surface area contributed by atoms with E-state index in [-0.39, 0.29) is 5.56 Å². The van der Waals surface area contributed by atoms with Crippen molar-refractivity contribution >= 4 is 38.9 Å². The summed E-state index contributed by atoms with van der Waals surface area (Å²) in [7, 11) is 0. The number of benzene rings is 2. The van der Waals surface area contributed by atoms with Crippen LogP contribution in [0.5, 0.6) is 0 Å². The monoisotopic (exact) mass is 419 g/mol. The van der Waals surface area contributed by atoms with Gasteiger partial charge in [0, 0.05) is 16.6 Å². The smallest absolute Gasteiger partial charge is 0.269 e. The van der Waals surface area contributed by atoms with E-state index in [1.807, 2.05) is 17.5 Å². The molecule has 0 aliphatic carbocycles. The summed E-state index contributed by atoms with van der Waals surface area (Å²) in [5.74, 6) is -1.20. The summed E-state index contributed by atoms with van der Waals surface area (Å²) >= 11 is 1.41. The number of carbonyl (C=O) groups is 2. The molecule has 4 N–H and O–H groups in total. The number of hydrogen-bond acceptors (Lipinski definition) is 7. The fourth-order valence-corrected chi connectivity index (χ4v) is 3.70. The van der Waals surface area contributed by atoms with Gasteiger partial charge in [-0.3, -0.25) is 20.4 Å². The molecule has 0 aliphatic rings. The SMILES string of the molecule is C[C@H](O)[C@@H](Nc1ccc(C#N)c2sccc12)C(=O)NNC(=O)c1ccc(C#N)cc1. The first-order valence-corrected chi connectivity index (χ1v) is 9.78. The standard InChI is InChI=1S/C21H17N5O3S/c1-12(27)18(24-17-7-6-15(11-23)19-16(17)8-9-30-19)21(29)26-25-20(28)14-4-2-13(10-22)3-5-14/h2-9,12,18,24,27H,1H3,(H,25,28)(H,26,29)/t12-,18+/m0/s1. The normalized spacial score (nSPS) is 12.3. The summed E-state index contributed by atoms with van der Waals surface area (Å²) in [6, 6.07) is 14.1. The lowest BCUT2D eigenvalue weighted by Gasteiger charge is -2.22. The van der Waals surface area contributed by atoms with Gasteiger partial charge in [0.15, 0.2) is 0 Å². The van der Waals surface area contributed by atoms with Crippen molar-refractivity contribution in [3.8, 4) is 12.1 Å². The van der Waals surface area contributed by atoms with Crippen LogP contribution in [0.1, 0.15) is 28.4 Å². The molecule has 1 aromatic heterocycles. The molecule has 0 unspecified atom stereocenters. The largest absolute Gasteiger partial charge is 0.391 e. The number of hydrogen-bond donors (Lipinski definition) is 4. The minimum atomic E-state index is -1.07. The number of carbonyl (C=O) groups excluding carboxylic acids is 2. The Kier molecular flexibility index (Phi) is 6.28. The molecule has 9 heteroatoms. The Hall–Kier alpha value is -3.92. The lowest BCUT2D eigenvalue weighted by molar-refractivity contribution is -0.124. The van der Waals surface area contributed by atoms with Gasteiger partial charge in [-0.05, 0) is 54.8 Å². The van der Waals surface area contributed by atoms with Gasteiger partial charge in [-0.25, -0.2) is 0 Å². The van der Waals surface area contributed by atoms with E-state index < -0.39 is 24.0 Å². The Labute approximate surface area is 176 Å². The minimum Gasteiger partial charge on any atom is -0.391 e. The Morgan fingerprint density at radius 2 is 1.77 bits per heavy atom. The van der Waals surface area contributed by atoms with Crippen molar-refractivity contribution in [2.45, 2.75) is 19.1 Å². The van der Waals surface area contributed by atoms with Crippen molar-refractivity contribution in [3.05, 3.63) is 64.5 Å². The Balaban J connectivity index is 1.71. The molecule has 8 nitrogen and oxygen atoms in total. The fraction of sp³-hybridized carbons (Fsp3) is 0.143. The molecule has 0 bridgehead atoms. The van der Waals surface area contributed by atoms with E-state index in [1.54, 1.807) is 12.1 Å². The number of hydrazine groups is 1. The van der Waals surface area contributed by atoms with Crippen molar-refractivity contribution < 1.29 is 14.7 Å². The van der Waals surface area contributed by atoms with Crippen LogP contribution < -0.4 is 16.2 Å². The molecule has 2 aromatic carbocycles. The molecule has 3 rings (SSSR count). The highest BCUT2D eigenvalue weighted by molar-refractivity contribution is 7.17. The lowest BCUT2D eigenvalue weighted by atomic mass is 10.1. The first kappa shape index (κ1) is 20.8. The fourth-order valence-electron chi connectivity index (χ4n) is 2.81.